The number of nitrogens with zero attached hydrogens (tertiary/aromatic N) is 2. The first-order valence-electron chi connectivity index (χ1n) is 6.92. The van der Waals surface area contributed by atoms with Crippen molar-refractivity contribution >= 4 is 0 Å². The average Bonchev–Trinajstić information content (AvgIpc) is 2.41. The maximum Gasteiger partial charge on any atom is 0.159 e. The predicted molar refractivity (Wildman–Crippen MR) is 78.9 cm³/mol. The van der Waals surface area contributed by atoms with E-state index in [9.17, 15) is 4.39 Å². The summed E-state index contributed by atoms with van der Waals surface area (Å²) in [5.74, 6) is 0.357. The Morgan fingerprint density at radius 2 is 1.95 bits per heavy atom. The van der Waals surface area contributed by atoms with Crippen LogP contribution in [0.1, 0.15) is 30.3 Å². The van der Waals surface area contributed by atoms with Gasteiger partial charge in [-0.1, -0.05) is 19.1 Å². The van der Waals surface area contributed by atoms with Crippen LogP contribution in [-0.2, 0) is 6.54 Å². The zero-order chi connectivity index (χ0) is 14.5. The van der Waals surface area contributed by atoms with Gasteiger partial charge in [0.2, 0.25) is 0 Å². The van der Waals surface area contributed by atoms with Crippen molar-refractivity contribution in [1.82, 2.24) is 15.3 Å². The van der Waals surface area contributed by atoms with Crippen LogP contribution in [0, 0.1) is 19.7 Å². The van der Waals surface area contributed by atoms with Crippen LogP contribution in [0.3, 0.4) is 0 Å². The molecule has 2 aromatic rings. The number of rotatable bonds is 5. The molecular weight excluding hydrogens is 253 g/mol. The quantitative estimate of drug-likeness (QED) is 0.848. The molecule has 0 atom stereocenters. The minimum atomic E-state index is -0.224. The second-order valence-electron chi connectivity index (χ2n) is 4.97. The molecule has 0 aliphatic rings. The second kappa shape index (κ2) is 6.57. The molecule has 0 amide bonds. The Morgan fingerprint density at radius 3 is 2.65 bits per heavy atom. The van der Waals surface area contributed by atoms with Crippen molar-refractivity contribution in [2.45, 2.75) is 33.7 Å². The number of nitrogens with one attached hydrogen (secondary N) is 1. The number of hydrogen-bond acceptors (Lipinski definition) is 3. The molecule has 106 valence electrons. The van der Waals surface area contributed by atoms with E-state index < -0.39 is 0 Å². The number of aromatic nitrogens is 2. The molecule has 2 rings (SSSR count). The highest BCUT2D eigenvalue weighted by Gasteiger charge is 2.07. The van der Waals surface area contributed by atoms with Crippen LogP contribution in [0.25, 0.3) is 11.4 Å². The molecule has 0 saturated heterocycles. The van der Waals surface area contributed by atoms with Crippen LogP contribution in [-0.4, -0.2) is 16.5 Å². The fourth-order valence-electron chi connectivity index (χ4n) is 1.98. The van der Waals surface area contributed by atoms with Gasteiger partial charge in [-0.3, -0.25) is 0 Å². The van der Waals surface area contributed by atoms with Crippen molar-refractivity contribution in [1.29, 1.82) is 0 Å². The highest BCUT2D eigenvalue weighted by Crippen LogP contribution is 2.19. The summed E-state index contributed by atoms with van der Waals surface area (Å²) >= 11 is 0. The van der Waals surface area contributed by atoms with Gasteiger partial charge in [0.05, 0.1) is 5.69 Å². The molecule has 0 spiro atoms. The Hall–Kier alpha value is -1.81. The van der Waals surface area contributed by atoms with Crippen LogP contribution in [0.2, 0.25) is 0 Å². The highest BCUT2D eigenvalue weighted by molar-refractivity contribution is 5.56. The monoisotopic (exact) mass is 273 g/mol. The van der Waals surface area contributed by atoms with E-state index in [1.165, 1.54) is 6.07 Å². The van der Waals surface area contributed by atoms with Gasteiger partial charge in [-0.15, -0.1) is 0 Å². The molecule has 0 fully saturated rings. The first-order valence-corrected chi connectivity index (χ1v) is 6.92. The van der Waals surface area contributed by atoms with E-state index in [1.54, 1.807) is 13.0 Å². The summed E-state index contributed by atoms with van der Waals surface area (Å²) in [5, 5.41) is 3.31. The lowest BCUT2D eigenvalue weighted by Gasteiger charge is -2.08. The topological polar surface area (TPSA) is 37.8 Å². The fourth-order valence-corrected chi connectivity index (χ4v) is 1.98. The highest BCUT2D eigenvalue weighted by atomic mass is 19.1. The first-order chi connectivity index (χ1) is 9.60. The Labute approximate surface area is 119 Å². The van der Waals surface area contributed by atoms with Crippen molar-refractivity contribution in [2.75, 3.05) is 6.54 Å². The molecule has 20 heavy (non-hydrogen) atoms. The summed E-state index contributed by atoms with van der Waals surface area (Å²) in [5.41, 5.74) is 3.17. The molecule has 3 nitrogen and oxygen atoms in total. The molecule has 0 bridgehead atoms. The summed E-state index contributed by atoms with van der Waals surface area (Å²) in [4.78, 5) is 8.90. The maximum atomic E-state index is 13.6. The van der Waals surface area contributed by atoms with Crippen molar-refractivity contribution in [3.63, 3.8) is 0 Å². The van der Waals surface area contributed by atoms with Gasteiger partial charge >= 0.3 is 0 Å². The molecule has 0 aliphatic carbocycles. The van der Waals surface area contributed by atoms with Gasteiger partial charge in [0.1, 0.15) is 5.82 Å². The zero-order valence-corrected chi connectivity index (χ0v) is 12.2. The molecule has 1 aromatic heterocycles. The van der Waals surface area contributed by atoms with Crippen LogP contribution in [0.4, 0.5) is 4.39 Å². The standard InChI is InChI=1S/C16H20FN3/c1-4-7-18-10-14-8-12(3)19-16(20-14)13-6-5-11(2)15(17)9-13/h5-6,8-9,18H,4,7,10H2,1-3H3. The van der Waals surface area contributed by atoms with Crippen molar-refractivity contribution in [3.05, 3.63) is 47.0 Å². The second-order valence-corrected chi connectivity index (χ2v) is 4.97. The fraction of sp³-hybridized carbons (Fsp3) is 0.375. The summed E-state index contributed by atoms with van der Waals surface area (Å²) in [6.07, 6.45) is 1.08. The maximum absolute atomic E-state index is 13.6. The summed E-state index contributed by atoms with van der Waals surface area (Å²) in [6.45, 7) is 7.46. The molecule has 0 unspecified atom stereocenters. The minimum Gasteiger partial charge on any atom is -0.311 e. The number of halogens is 1. The number of aryl methyl sites for hydroxylation is 2. The van der Waals surface area contributed by atoms with Crippen LogP contribution in [0.15, 0.2) is 24.3 Å². The van der Waals surface area contributed by atoms with Crippen molar-refractivity contribution < 1.29 is 4.39 Å². The summed E-state index contributed by atoms with van der Waals surface area (Å²) < 4.78 is 13.6. The van der Waals surface area contributed by atoms with E-state index in [0.29, 0.717) is 23.5 Å². The molecule has 1 N–H and O–H groups in total. The largest absolute Gasteiger partial charge is 0.311 e. The van der Waals surface area contributed by atoms with E-state index in [2.05, 4.69) is 22.2 Å². The van der Waals surface area contributed by atoms with Crippen LogP contribution in [0.5, 0.6) is 0 Å². The number of benzene rings is 1. The Morgan fingerprint density at radius 1 is 1.15 bits per heavy atom. The lowest BCUT2D eigenvalue weighted by atomic mass is 10.1. The third-order valence-corrected chi connectivity index (χ3v) is 3.07. The molecule has 1 aromatic carbocycles. The van der Waals surface area contributed by atoms with Gasteiger partial charge < -0.3 is 5.32 Å². The third-order valence-electron chi connectivity index (χ3n) is 3.07. The van der Waals surface area contributed by atoms with E-state index >= 15 is 0 Å². The van der Waals surface area contributed by atoms with Gasteiger partial charge in [-0.25, -0.2) is 14.4 Å². The van der Waals surface area contributed by atoms with Gasteiger partial charge in [0, 0.05) is 17.8 Å². The molecule has 4 heteroatoms. The lowest BCUT2D eigenvalue weighted by molar-refractivity contribution is 0.619. The Balaban J connectivity index is 2.28. The van der Waals surface area contributed by atoms with Crippen molar-refractivity contribution in [2.24, 2.45) is 0 Å². The van der Waals surface area contributed by atoms with Gasteiger partial charge in [0.25, 0.3) is 0 Å². The average molecular weight is 273 g/mol. The molecule has 0 saturated carbocycles. The normalized spacial score (nSPS) is 10.8. The third kappa shape index (κ3) is 3.61. The SMILES string of the molecule is CCCNCc1cc(C)nc(-c2ccc(C)c(F)c2)n1. The van der Waals surface area contributed by atoms with E-state index in [4.69, 9.17) is 0 Å². The minimum absolute atomic E-state index is 0.224. The van der Waals surface area contributed by atoms with Gasteiger partial charge in [0.15, 0.2) is 5.82 Å². The van der Waals surface area contributed by atoms with Crippen molar-refractivity contribution in [3.8, 4) is 11.4 Å². The smallest absolute Gasteiger partial charge is 0.159 e. The molecule has 0 aliphatic heterocycles. The number of hydrogen-bond donors (Lipinski definition) is 1. The molecular formula is C16H20FN3. The van der Waals surface area contributed by atoms with E-state index in [1.807, 2.05) is 19.1 Å². The lowest BCUT2D eigenvalue weighted by Crippen LogP contribution is -2.15. The van der Waals surface area contributed by atoms with Crippen LogP contribution < -0.4 is 5.32 Å². The van der Waals surface area contributed by atoms with E-state index in [-0.39, 0.29) is 5.82 Å². The first kappa shape index (κ1) is 14.6. The van der Waals surface area contributed by atoms with Gasteiger partial charge in [-0.05, 0) is 44.5 Å². The molecule has 1 heterocycles. The predicted octanol–water partition coefficient (Wildman–Crippen LogP) is 3.40. The van der Waals surface area contributed by atoms with E-state index in [0.717, 1.165) is 24.4 Å². The summed E-state index contributed by atoms with van der Waals surface area (Å²) in [7, 11) is 0. The molecule has 0 radical (unpaired) electrons. The van der Waals surface area contributed by atoms with Gasteiger partial charge in [-0.2, -0.15) is 0 Å². The van der Waals surface area contributed by atoms with Crippen LogP contribution >= 0.6 is 0 Å². The Kier molecular flexibility index (Phi) is 4.79. The zero-order valence-electron chi connectivity index (χ0n) is 12.2. The Bertz CT molecular complexity index is 596. The summed E-state index contributed by atoms with van der Waals surface area (Å²) in [6, 6.07) is 7.06.